The normalized spacial score (nSPS) is 10.6. The smallest absolute Gasteiger partial charge is 0.337 e. The Bertz CT molecular complexity index is 909. The molecule has 5 heteroatoms. The summed E-state index contributed by atoms with van der Waals surface area (Å²) < 4.78 is 12.5. The van der Waals surface area contributed by atoms with E-state index < -0.39 is 0 Å². The minimum atomic E-state index is -0.373. The first-order valence-electron chi connectivity index (χ1n) is 8.00. The molecule has 0 unspecified atom stereocenters. The number of nitrogens with zero attached hydrogens (tertiary/aromatic N) is 1. The summed E-state index contributed by atoms with van der Waals surface area (Å²) in [4.78, 5) is 22.8. The van der Waals surface area contributed by atoms with Gasteiger partial charge in [0.1, 0.15) is 12.4 Å². The van der Waals surface area contributed by atoms with Gasteiger partial charge in [0.05, 0.1) is 19.2 Å². The summed E-state index contributed by atoms with van der Waals surface area (Å²) in [6.07, 6.45) is 0.903. The van der Waals surface area contributed by atoms with Crippen molar-refractivity contribution in [1.82, 2.24) is 4.57 Å². The third-order valence-electron chi connectivity index (χ3n) is 4.26. The molecule has 0 atom stereocenters. The number of fused-ring (bicyclic) bond motifs is 1. The second-order valence-corrected chi connectivity index (χ2v) is 5.65. The van der Waals surface area contributed by atoms with Crippen molar-refractivity contribution < 1.29 is 19.1 Å². The van der Waals surface area contributed by atoms with Crippen LogP contribution in [-0.4, -0.2) is 30.5 Å². The molecule has 0 aliphatic heterocycles. The van der Waals surface area contributed by atoms with Gasteiger partial charge in [0.25, 0.3) is 0 Å². The highest BCUT2D eigenvalue weighted by Crippen LogP contribution is 2.24. The summed E-state index contributed by atoms with van der Waals surface area (Å²) in [6, 6.07) is 14.7. The van der Waals surface area contributed by atoms with Gasteiger partial charge in [-0.3, -0.25) is 4.79 Å². The molecule has 0 N–H and O–H groups in total. The zero-order valence-corrected chi connectivity index (χ0v) is 14.2. The minimum Gasteiger partial charge on any atom is -0.492 e. The molecule has 0 saturated carbocycles. The quantitative estimate of drug-likeness (QED) is 0.509. The number of carbonyl (C=O) groups excluding carboxylic acids is 2. The molecular formula is C20H19NO4. The summed E-state index contributed by atoms with van der Waals surface area (Å²) >= 11 is 0. The Kier molecular flexibility index (Phi) is 4.84. The number of methoxy groups -OCH3 is 1. The summed E-state index contributed by atoms with van der Waals surface area (Å²) in [5, 5.41) is 0.956. The van der Waals surface area contributed by atoms with E-state index in [1.807, 2.05) is 31.2 Å². The van der Waals surface area contributed by atoms with Crippen molar-refractivity contribution >= 4 is 23.2 Å². The summed E-state index contributed by atoms with van der Waals surface area (Å²) in [7, 11) is 1.35. The SMILES string of the molecule is COC(=O)c1ccc(OCCn2c(C)c(C=O)c3ccccc32)cc1. The van der Waals surface area contributed by atoms with Crippen LogP contribution in [0.15, 0.2) is 48.5 Å². The fraction of sp³-hybridized carbons (Fsp3) is 0.200. The molecule has 5 nitrogen and oxygen atoms in total. The first kappa shape index (κ1) is 16.8. The third kappa shape index (κ3) is 3.26. The molecule has 0 radical (unpaired) electrons. The topological polar surface area (TPSA) is 57.5 Å². The van der Waals surface area contributed by atoms with Gasteiger partial charge in [-0.1, -0.05) is 18.2 Å². The molecule has 0 amide bonds. The Morgan fingerprint density at radius 3 is 2.52 bits per heavy atom. The highest BCUT2D eigenvalue weighted by molar-refractivity contribution is 5.99. The lowest BCUT2D eigenvalue weighted by molar-refractivity contribution is 0.0600. The van der Waals surface area contributed by atoms with Gasteiger partial charge in [0.15, 0.2) is 6.29 Å². The van der Waals surface area contributed by atoms with Gasteiger partial charge in [0.2, 0.25) is 0 Å². The lowest BCUT2D eigenvalue weighted by atomic mass is 10.1. The monoisotopic (exact) mass is 337 g/mol. The van der Waals surface area contributed by atoms with Crippen LogP contribution in [-0.2, 0) is 11.3 Å². The number of aldehydes is 1. The molecule has 1 heterocycles. The average molecular weight is 337 g/mol. The predicted octanol–water partition coefficient (Wildman–Crippen LogP) is 3.63. The number of para-hydroxylation sites is 1. The van der Waals surface area contributed by atoms with Crippen LogP contribution in [0.5, 0.6) is 5.75 Å². The first-order valence-corrected chi connectivity index (χ1v) is 8.00. The van der Waals surface area contributed by atoms with Crippen molar-refractivity contribution in [3.8, 4) is 5.75 Å². The minimum absolute atomic E-state index is 0.373. The summed E-state index contributed by atoms with van der Waals surface area (Å²) in [6.45, 7) is 3.02. The molecular weight excluding hydrogens is 318 g/mol. The van der Waals surface area contributed by atoms with E-state index in [1.165, 1.54) is 7.11 Å². The van der Waals surface area contributed by atoms with E-state index in [2.05, 4.69) is 9.30 Å². The van der Waals surface area contributed by atoms with Crippen LogP contribution in [0.2, 0.25) is 0 Å². The highest BCUT2D eigenvalue weighted by Gasteiger charge is 2.12. The molecule has 3 aromatic rings. The molecule has 0 spiro atoms. The number of hydrogen-bond donors (Lipinski definition) is 0. The zero-order valence-electron chi connectivity index (χ0n) is 14.2. The maximum atomic E-state index is 11.4. The predicted molar refractivity (Wildman–Crippen MR) is 95.3 cm³/mol. The molecule has 25 heavy (non-hydrogen) atoms. The molecule has 0 saturated heterocycles. The molecule has 1 aromatic heterocycles. The van der Waals surface area contributed by atoms with E-state index in [1.54, 1.807) is 24.3 Å². The summed E-state index contributed by atoms with van der Waals surface area (Å²) in [5.41, 5.74) is 3.16. The molecule has 128 valence electrons. The first-order chi connectivity index (χ1) is 12.2. The van der Waals surface area contributed by atoms with Crippen molar-refractivity contribution in [1.29, 1.82) is 0 Å². The largest absolute Gasteiger partial charge is 0.492 e. The van der Waals surface area contributed by atoms with E-state index in [-0.39, 0.29) is 5.97 Å². The van der Waals surface area contributed by atoms with E-state index in [4.69, 9.17) is 4.74 Å². The Hall–Kier alpha value is -3.08. The van der Waals surface area contributed by atoms with Crippen LogP contribution in [0.1, 0.15) is 26.4 Å². The molecule has 0 aliphatic rings. The van der Waals surface area contributed by atoms with Crippen molar-refractivity contribution in [3.05, 3.63) is 65.4 Å². The number of carbonyl (C=O) groups is 2. The standard InChI is InChI=1S/C20H19NO4/c1-14-18(13-22)17-5-3-4-6-19(17)21(14)11-12-25-16-9-7-15(8-10-16)20(23)24-2/h3-10,13H,11-12H2,1-2H3. The van der Waals surface area contributed by atoms with Gasteiger partial charge in [-0.25, -0.2) is 4.79 Å². The van der Waals surface area contributed by atoms with Gasteiger partial charge in [-0.05, 0) is 37.3 Å². The fourth-order valence-corrected chi connectivity index (χ4v) is 2.95. The fourth-order valence-electron chi connectivity index (χ4n) is 2.95. The Morgan fingerprint density at radius 1 is 1.12 bits per heavy atom. The lowest BCUT2D eigenvalue weighted by Gasteiger charge is -2.10. The lowest BCUT2D eigenvalue weighted by Crippen LogP contribution is -2.10. The van der Waals surface area contributed by atoms with Gasteiger partial charge in [-0.15, -0.1) is 0 Å². The number of aromatic nitrogens is 1. The van der Waals surface area contributed by atoms with Crippen molar-refractivity contribution in [3.63, 3.8) is 0 Å². The molecule has 0 aliphatic carbocycles. The van der Waals surface area contributed by atoms with E-state index in [9.17, 15) is 9.59 Å². The Balaban J connectivity index is 1.72. The number of benzene rings is 2. The number of ether oxygens (including phenoxy) is 2. The van der Waals surface area contributed by atoms with Crippen LogP contribution in [0.25, 0.3) is 10.9 Å². The Labute approximate surface area is 145 Å². The highest BCUT2D eigenvalue weighted by atomic mass is 16.5. The maximum absolute atomic E-state index is 11.4. The van der Waals surface area contributed by atoms with Gasteiger partial charge in [0, 0.05) is 22.2 Å². The Morgan fingerprint density at radius 2 is 1.84 bits per heavy atom. The second kappa shape index (κ2) is 7.21. The number of hydrogen-bond acceptors (Lipinski definition) is 4. The maximum Gasteiger partial charge on any atom is 0.337 e. The molecule has 3 rings (SSSR count). The van der Waals surface area contributed by atoms with Crippen LogP contribution >= 0.6 is 0 Å². The van der Waals surface area contributed by atoms with Crippen molar-refractivity contribution in [2.45, 2.75) is 13.5 Å². The van der Waals surface area contributed by atoms with Crippen LogP contribution in [0.4, 0.5) is 0 Å². The summed E-state index contributed by atoms with van der Waals surface area (Å²) in [5.74, 6) is 0.305. The van der Waals surface area contributed by atoms with Gasteiger partial charge >= 0.3 is 5.97 Å². The zero-order chi connectivity index (χ0) is 17.8. The average Bonchev–Trinajstić information content (AvgIpc) is 2.93. The number of esters is 1. The molecule has 0 fully saturated rings. The van der Waals surface area contributed by atoms with Crippen LogP contribution in [0.3, 0.4) is 0 Å². The van der Waals surface area contributed by atoms with E-state index in [0.717, 1.165) is 28.4 Å². The van der Waals surface area contributed by atoms with Crippen LogP contribution < -0.4 is 4.74 Å². The van der Waals surface area contributed by atoms with Gasteiger partial charge in [-0.2, -0.15) is 0 Å². The second-order valence-electron chi connectivity index (χ2n) is 5.65. The van der Waals surface area contributed by atoms with E-state index in [0.29, 0.717) is 24.5 Å². The third-order valence-corrected chi connectivity index (χ3v) is 4.26. The van der Waals surface area contributed by atoms with Crippen molar-refractivity contribution in [2.75, 3.05) is 13.7 Å². The van der Waals surface area contributed by atoms with Gasteiger partial charge < -0.3 is 14.0 Å². The van der Waals surface area contributed by atoms with Crippen molar-refractivity contribution in [2.24, 2.45) is 0 Å². The van der Waals surface area contributed by atoms with E-state index >= 15 is 0 Å². The van der Waals surface area contributed by atoms with Crippen LogP contribution in [0, 0.1) is 6.92 Å². The number of rotatable bonds is 6. The molecule has 2 aromatic carbocycles. The molecule has 0 bridgehead atoms.